The summed E-state index contributed by atoms with van der Waals surface area (Å²) in [6.07, 6.45) is 3.72. The monoisotopic (exact) mass is 346 g/mol. The number of benzene rings is 1. The maximum atomic E-state index is 11.9. The van der Waals surface area contributed by atoms with E-state index in [0.717, 1.165) is 17.0 Å². The molecule has 0 aliphatic carbocycles. The quantitative estimate of drug-likeness (QED) is 0.739. The van der Waals surface area contributed by atoms with Gasteiger partial charge in [-0.2, -0.15) is 0 Å². The number of aromatic nitrogens is 1. The molecule has 2 rings (SSSR count). The number of nitrogens with zero attached hydrogens (tertiary/aromatic N) is 1. The molecule has 1 N–H and O–H groups in total. The lowest BCUT2D eigenvalue weighted by Gasteiger charge is -2.12. The number of nitrogens with one attached hydrogen (secondary N) is 1. The van der Waals surface area contributed by atoms with Crippen LogP contribution >= 0.6 is 0 Å². The third kappa shape index (κ3) is 5.00. The van der Waals surface area contributed by atoms with Crippen LogP contribution in [0.2, 0.25) is 0 Å². The van der Waals surface area contributed by atoms with Crippen molar-refractivity contribution in [3.63, 3.8) is 0 Å². The van der Waals surface area contributed by atoms with Gasteiger partial charge in [-0.3, -0.25) is 4.79 Å². The lowest BCUT2D eigenvalue weighted by Crippen LogP contribution is -2.23. The second-order valence-corrected chi connectivity index (χ2v) is 5.27. The van der Waals surface area contributed by atoms with Gasteiger partial charge in [0.25, 0.3) is 0 Å². The molecule has 0 spiro atoms. The molecule has 7 heteroatoms. The van der Waals surface area contributed by atoms with E-state index in [2.05, 4.69) is 10.5 Å². The van der Waals surface area contributed by atoms with E-state index in [4.69, 9.17) is 18.7 Å². The highest BCUT2D eigenvalue weighted by atomic mass is 16.5. The molecule has 0 fully saturated rings. The predicted octanol–water partition coefficient (Wildman–Crippen LogP) is 2.38. The molecule has 134 valence electrons. The van der Waals surface area contributed by atoms with E-state index in [0.29, 0.717) is 30.2 Å². The number of carbonyl (C=O) groups is 1. The average Bonchev–Trinajstić information content (AvgIpc) is 3.04. The Hall–Kier alpha value is -2.96. The smallest absolute Gasteiger partial charge is 0.244 e. The molecule has 0 saturated carbocycles. The molecule has 1 aromatic heterocycles. The van der Waals surface area contributed by atoms with Gasteiger partial charge >= 0.3 is 0 Å². The van der Waals surface area contributed by atoms with Crippen LogP contribution < -0.4 is 19.5 Å². The van der Waals surface area contributed by atoms with Gasteiger partial charge in [0.05, 0.1) is 27.0 Å². The SMILES string of the molecule is COc1cc(/C=C/C(=O)NCCc2cc(C)no2)cc(OC)c1OC. The number of rotatable bonds is 8. The molecule has 25 heavy (non-hydrogen) atoms. The van der Waals surface area contributed by atoms with Crippen LogP contribution in [0.4, 0.5) is 0 Å². The summed E-state index contributed by atoms with van der Waals surface area (Å²) >= 11 is 0. The van der Waals surface area contributed by atoms with Crippen molar-refractivity contribution in [3.8, 4) is 17.2 Å². The van der Waals surface area contributed by atoms with Crippen LogP contribution in [0.1, 0.15) is 17.0 Å². The van der Waals surface area contributed by atoms with Crippen LogP contribution in [-0.4, -0.2) is 38.9 Å². The molecule has 1 aromatic carbocycles. The number of methoxy groups -OCH3 is 3. The summed E-state index contributed by atoms with van der Waals surface area (Å²) in [5, 5.41) is 6.59. The normalized spacial score (nSPS) is 10.7. The molecular formula is C18H22N2O5. The molecule has 0 aliphatic rings. The standard InChI is InChI=1S/C18H22N2O5/c1-12-9-14(25-20-12)7-8-19-17(21)6-5-13-10-15(22-2)18(24-4)16(11-13)23-3/h5-6,9-11H,7-8H2,1-4H3,(H,19,21)/b6-5+. The van der Waals surface area contributed by atoms with Gasteiger partial charge in [-0.15, -0.1) is 0 Å². The molecule has 0 radical (unpaired) electrons. The zero-order chi connectivity index (χ0) is 18.2. The summed E-state index contributed by atoms with van der Waals surface area (Å²) in [6, 6.07) is 5.38. The molecule has 0 bridgehead atoms. The lowest BCUT2D eigenvalue weighted by atomic mass is 10.1. The van der Waals surface area contributed by atoms with E-state index in [-0.39, 0.29) is 5.91 Å². The highest BCUT2D eigenvalue weighted by molar-refractivity contribution is 5.91. The fourth-order valence-corrected chi connectivity index (χ4v) is 2.27. The van der Waals surface area contributed by atoms with Crippen molar-refractivity contribution in [2.75, 3.05) is 27.9 Å². The van der Waals surface area contributed by atoms with Gasteiger partial charge in [0, 0.05) is 25.1 Å². The molecule has 2 aromatic rings. The van der Waals surface area contributed by atoms with E-state index >= 15 is 0 Å². The molecule has 0 atom stereocenters. The summed E-state index contributed by atoms with van der Waals surface area (Å²) in [4.78, 5) is 11.9. The second-order valence-electron chi connectivity index (χ2n) is 5.27. The Bertz CT molecular complexity index is 727. The number of aryl methyl sites for hydroxylation is 1. The summed E-state index contributed by atoms with van der Waals surface area (Å²) < 4.78 is 20.9. The minimum atomic E-state index is -0.204. The number of amides is 1. The van der Waals surface area contributed by atoms with E-state index in [1.807, 2.05) is 13.0 Å². The number of hydrogen-bond donors (Lipinski definition) is 1. The zero-order valence-electron chi connectivity index (χ0n) is 14.8. The van der Waals surface area contributed by atoms with Crippen LogP contribution in [0.3, 0.4) is 0 Å². The van der Waals surface area contributed by atoms with E-state index in [1.165, 1.54) is 6.08 Å². The van der Waals surface area contributed by atoms with Crippen molar-refractivity contribution < 1.29 is 23.5 Å². The Morgan fingerprint density at radius 2 is 1.84 bits per heavy atom. The summed E-state index contributed by atoms with van der Waals surface area (Å²) in [6.45, 7) is 2.32. The Morgan fingerprint density at radius 1 is 1.16 bits per heavy atom. The summed E-state index contributed by atoms with van der Waals surface area (Å²) in [7, 11) is 4.63. The molecule has 0 unspecified atom stereocenters. The number of carbonyl (C=O) groups excluding carboxylic acids is 1. The van der Waals surface area contributed by atoms with Crippen LogP contribution in [-0.2, 0) is 11.2 Å². The van der Waals surface area contributed by atoms with Crippen LogP contribution in [0, 0.1) is 6.92 Å². The second kappa shape index (κ2) is 8.77. The minimum absolute atomic E-state index is 0.204. The third-order valence-corrected chi connectivity index (χ3v) is 3.46. The van der Waals surface area contributed by atoms with Crippen molar-refractivity contribution in [2.24, 2.45) is 0 Å². The van der Waals surface area contributed by atoms with Crippen molar-refractivity contribution in [1.29, 1.82) is 0 Å². The number of hydrogen-bond acceptors (Lipinski definition) is 6. The Labute approximate surface area is 146 Å². The first-order valence-corrected chi connectivity index (χ1v) is 7.75. The zero-order valence-corrected chi connectivity index (χ0v) is 14.8. The highest BCUT2D eigenvalue weighted by Gasteiger charge is 2.12. The van der Waals surface area contributed by atoms with E-state index < -0.39 is 0 Å². The van der Waals surface area contributed by atoms with E-state index in [9.17, 15) is 4.79 Å². The van der Waals surface area contributed by atoms with Crippen molar-refractivity contribution in [1.82, 2.24) is 10.5 Å². The first-order valence-electron chi connectivity index (χ1n) is 7.75. The Kier molecular flexibility index (Phi) is 6.45. The molecule has 0 saturated heterocycles. The van der Waals surface area contributed by atoms with Crippen LogP contribution in [0.15, 0.2) is 28.8 Å². The molecule has 1 heterocycles. The van der Waals surface area contributed by atoms with Gasteiger partial charge in [0.15, 0.2) is 11.5 Å². The van der Waals surface area contributed by atoms with Crippen molar-refractivity contribution in [3.05, 3.63) is 41.3 Å². The summed E-state index contributed by atoms with van der Waals surface area (Å²) in [5.74, 6) is 2.11. The molecule has 7 nitrogen and oxygen atoms in total. The fraction of sp³-hybridized carbons (Fsp3) is 0.333. The topological polar surface area (TPSA) is 82.8 Å². The van der Waals surface area contributed by atoms with Crippen molar-refractivity contribution in [2.45, 2.75) is 13.3 Å². The van der Waals surface area contributed by atoms with Gasteiger partial charge in [-0.25, -0.2) is 0 Å². The van der Waals surface area contributed by atoms with Gasteiger partial charge in [-0.1, -0.05) is 5.16 Å². The average molecular weight is 346 g/mol. The van der Waals surface area contributed by atoms with Crippen LogP contribution in [0.5, 0.6) is 17.2 Å². The largest absolute Gasteiger partial charge is 0.493 e. The van der Waals surface area contributed by atoms with Gasteiger partial charge in [0.2, 0.25) is 11.7 Å². The van der Waals surface area contributed by atoms with Crippen LogP contribution in [0.25, 0.3) is 6.08 Å². The third-order valence-electron chi connectivity index (χ3n) is 3.46. The van der Waals surface area contributed by atoms with Crippen molar-refractivity contribution >= 4 is 12.0 Å². The fourth-order valence-electron chi connectivity index (χ4n) is 2.27. The summed E-state index contributed by atoms with van der Waals surface area (Å²) in [5.41, 5.74) is 1.58. The van der Waals surface area contributed by atoms with Gasteiger partial charge in [0.1, 0.15) is 5.76 Å². The van der Waals surface area contributed by atoms with Gasteiger partial charge in [-0.05, 0) is 30.7 Å². The first-order chi connectivity index (χ1) is 12.1. The molecular weight excluding hydrogens is 324 g/mol. The minimum Gasteiger partial charge on any atom is -0.493 e. The molecule has 1 amide bonds. The molecule has 0 aliphatic heterocycles. The Morgan fingerprint density at radius 3 is 2.36 bits per heavy atom. The van der Waals surface area contributed by atoms with E-state index in [1.54, 1.807) is 39.5 Å². The Balaban J connectivity index is 1.96. The number of ether oxygens (including phenoxy) is 3. The van der Waals surface area contributed by atoms with Gasteiger partial charge < -0.3 is 24.1 Å². The first kappa shape index (κ1) is 18.4. The highest BCUT2D eigenvalue weighted by Crippen LogP contribution is 2.38. The predicted molar refractivity (Wildman–Crippen MR) is 93.1 cm³/mol. The maximum Gasteiger partial charge on any atom is 0.244 e. The maximum absolute atomic E-state index is 11.9. The lowest BCUT2D eigenvalue weighted by molar-refractivity contribution is -0.116.